The molecular weight excluding hydrogens is 542 g/mol. The molecule has 39 heavy (non-hydrogen) atoms. The van der Waals surface area contributed by atoms with Crippen molar-refractivity contribution < 1.29 is 34.4 Å². The number of nitriles is 1. The van der Waals surface area contributed by atoms with Crippen LogP contribution in [0.3, 0.4) is 0 Å². The van der Waals surface area contributed by atoms with Crippen molar-refractivity contribution in [3.8, 4) is 28.7 Å². The Morgan fingerprint density at radius 3 is 2.44 bits per heavy atom. The van der Waals surface area contributed by atoms with Crippen LogP contribution < -0.4 is 14.3 Å². The highest BCUT2D eigenvalue weighted by atomic mass is 32.3. The number of halogens is 4. The fourth-order valence-corrected chi connectivity index (χ4v) is 5.00. The Bertz CT molecular complexity index is 2000. The zero-order valence-corrected chi connectivity index (χ0v) is 20.9. The number of ether oxygens (including phenoxy) is 1. The van der Waals surface area contributed by atoms with Gasteiger partial charge in [0.25, 0.3) is 0 Å². The summed E-state index contributed by atoms with van der Waals surface area (Å²) in [5, 5.41) is 9.92. The van der Waals surface area contributed by atoms with E-state index in [1.807, 2.05) is 19.9 Å². The third-order valence-corrected chi connectivity index (χ3v) is 6.45. The summed E-state index contributed by atoms with van der Waals surface area (Å²) in [5.41, 5.74) is 0.782. The van der Waals surface area contributed by atoms with Gasteiger partial charge in [-0.15, -0.1) is 13.2 Å². The van der Waals surface area contributed by atoms with Crippen LogP contribution in [0.15, 0.2) is 59.4 Å². The Balaban J connectivity index is 1.90. The number of aromatic amines is 1. The SMILES string of the molecule is CC(C)n1c2cc(-c3cccc(OS(=O)(=O)F)c3)c(OC(F)(F)F)cc2c(=O)c2c3ccc(C#N)cc3[nH]c21. The number of fused-ring (bicyclic) bond motifs is 4. The van der Waals surface area contributed by atoms with Crippen LogP contribution in [0.5, 0.6) is 11.5 Å². The van der Waals surface area contributed by atoms with Crippen LogP contribution in [0, 0.1) is 11.3 Å². The van der Waals surface area contributed by atoms with Gasteiger partial charge in [0.05, 0.1) is 27.9 Å². The summed E-state index contributed by atoms with van der Waals surface area (Å²) in [6, 6.07) is 13.5. The highest BCUT2D eigenvalue weighted by molar-refractivity contribution is 7.81. The number of alkyl halides is 3. The van der Waals surface area contributed by atoms with E-state index in [-0.39, 0.29) is 33.5 Å². The lowest BCUT2D eigenvalue weighted by molar-refractivity contribution is -0.274. The predicted molar refractivity (Wildman–Crippen MR) is 135 cm³/mol. The molecule has 0 aliphatic carbocycles. The van der Waals surface area contributed by atoms with Gasteiger partial charge in [0.2, 0.25) is 0 Å². The first-order valence-corrected chi connectivity index (χ1v) is 12.6. The zero-order chi connectivity index (χ0) is 28.3. The van der Waals surface area contributed by atoms with Gasteiger partial charge in [0.1, 0.15) is 17.1 Å². The van der Waals surface area contributed by atoms with Gasteiger partial charge in [-0.2, -0.15) is 13.7 Å². The predicted octanol–water partition coefficient (Wildman–Crippen LogP) is 6.25. The van der Waals surface area contributed by atoms with Crippen LogP contribution in [-0.4, -0.2) is 24.3 Å². The molecule has 5 aromatic rings. The van der Waals surface area contributed by atoms with Crippen molar-refractivity contribution in [3.63, 3.8) is 0 Å². The van der Waals surface area contributed by atoms with Gasteiger partial charge in [-0.05, 0) is 55.8 Å². The van der Waals surface area contributed by atoms with E-state index in [0.29, 0.717) is 22.1 Å². The Hall–Kier alpha value is -4.57. The molecule has 0 saturated carbocycles. The molecule has 0 unspecified atom stereocenters. The van der Waals surface area contributed by atoms with Crippen molar-refractivity contribution in [2.24, 2.45) is 0 Å². The summed E-state index contributed by atoms with van der Waals surface area (Å²) in [7, 11) is -5.40. The number of hydrogen-bond acceptors (Lipinski definition) is 6. The van der Waals surface area contributed by atoms with Crippen LogP contribution in [-0.2, 0) is 10.5 Å². The van der Waals surface area contributed by atoms with E-state index in [1.54, 1.807) is 16.7 Å². The molecule has 0 saturated heterocycles. The van der Waals surface area contributed by atoms with E-state index in [4.69, 9.17) is 0 Å². The molecule has 1 N–H and O–H groups in total. The highest BCUT2D eigenvalue weighted by Gasteiger charge is 2.33. The number of benzene rings is 3. The minimum Gasteiger partial charge on any atom is -0.405 e. The second-order valence-corrected chi connectivity index (χ2v) is 9.88. The maximum atomic E-state index is 13.7. The standard InChI is InChI=1S/C26H17F4N3O5S/c1-13(2)33-21-10-18(15-4-3-5-16(9-15)38-39(30,35)36)22(37-26(27,28)29)11-19(21)24(34)23-17-7-6-14(12-31)8-20(17)32-25(23)33/h3-11,13,32H,1-2H3. The Morgan fingerprint density at radius 2 is 1.79 bits per heavy atom. The van der Waals surface area contributed by atoms with Gasteiger partial charge < -0.3 is 18.5 Å². The van der Waals surface area contributed by atoms with E-state index in [0.717, 1.165) is 18.2 Å². The molecule has 2 aromatic heterocycles. The lowest BCUT2D eigenvalue weighted by Crippen LogP contribution is -2.19. The normalized spacial score (nSPS) is 12.4. The van der Waals surface area contributed by atoms with Crippen molar-refractivity contribution in [3.05, 3.63) is 70.4 Å². The minimum absolute atomic E-state index is 0.00969. The van der Waals surface area contributed by atoms with Crippen molar-refractivity contribution in [1.29, 1.82) is 5.26 Å². The maximum absolute atomic E-state index is 13.7. The number of rotatable bonds is 5. The van der Waals surface area contributed by atoms with E-state index < -0.39 is 33.8 Å². The first-order valence-electron chi connectivity index (χ1n) is 11.3. The summed E-state index contributed by atoms with van der Waals surface area (Å²) >= 11 is 0. The van der Waals surface area contributed by atoms with Crippen molar-refractivity contribution >= 4 is 43.3 Å². The molecule has 0 fully saturated rings. The number of pyridine rings is 1. The zero-order valence-electron chi connectivity index (χ0n) is 20.1. The monoisotopic (exact) mass is 559 g/mol. The number of H-pyrrole nitrogens is 1. The molecule has 0 atom stereocenters. The Morgan fingerprint density at radius 1 is 1.05 bits per heavy atom. The third kappa shape index (κ3) is 4.86. The average Bonchev–Trinajstić information content (AvgIpc) is 3.20. The van der Waals surface area contributed by atoms with Crippen molar-refractivity contribution in [2.45, 2.75) is 26.3 Å². The second kappa shape index (κ2) is 9.02. The molecule has 0 spiro atoms. The number of aromatic nitrogens is 2. The highest BCUT2D eigenvalue weighted by Crippen LogP contribution is 2.40. The average molecular weight is 559 g/mol. The molecule has 200 valence electrons. The largest absolute Gasteiger partial charge is 0.573 e. The smallest absolute Gasteiger partial charge is 0.405 e. The van der Waals surface area contributed by atoms with Gasteiger partial charge in [0.15, 0.2) is 5.43 Å². The molecule has 13 heteroatoms. The summed E-state index contributed by atoms with van der Waals surface area (Å²) in [6.45, 7) is 3.63. The van der Waals surface area contributed by atoms with Crippen LogP contribution in [0.4, 0.5) is 17.1 Å². The lowest BCUT2D eigenvalue weighted by Gasteiger charge is -2.20. The Kier molecular flexibility index (Phi) is 6.03. The molecule has 5 rings (SSSR count). The van der Waals surface area contributed by atoms with E-state index >= 15 is 0 Å². The van der Waals surface area contributed by atoms with Crippen LogP contribution in [0.25, 0.3) is 44.0 Å². The molecule has 3 aromatic carbocycles. The van der Waals surface area contributed by atoms with Gasteiger partial charge >= 0.3 is 16.9 Å². The fourth-order valence-electron chi connectivity index (χ4n) is 4.67. The number of nitrogens with one attached hydrogen (secondary N) is 1. The fraction of sp³-hybridized carbons (Fsp3) is 0.154. The van der Waals surface area contributed by atoms with Crippen molar-refractivity contribution in [1.82, 2.24) is 9.55 Å². The van der Waals surface area contributed by atoms with Crippen LogP contribution >= 0.6 is 0 Å². The molecular formula is C26H17F4N3O5S. The third-order valence-electron chi connectivity index (χ3n) is 6.06. The van der Waals surface area contributed by atoms with Gasteiger partial charge in [-0.25, -0.2) is 0 Å². The van der Waals surface area contributed by atoms with Gasteiger partial charge in [0, 0.05) is 22.5 Å². The summed E-state index contributed by atoms with van der Waals surface area (Å²) in [6.07, 6.45) is -5.13. The summed E-state index contributed by atoms with van der Waals surface area (Å²) < 4.78 is 85.6. The van der Waals surface area contributed by atoms with Gasteiger partial charge in [-0.3, -0.25) is 4.79 Å². The molecule has 0 radical (unpaired) electrons. The van der Waals surface area contributed by atoms with Gasteiger partial charge in [-0.1, -0.05) is 22.1 Å². The minimum atomic E-state index is -5.40. The summed E-state index contributed by atoms with van der Waals surface area (Å²) in [5.74, 6) is -1.21. The number of hydrogen-bond donors (Lipinski definition) is 1. The second-order valence-electron chi connectivity index (χ2n) is 8.93. The molecule has 8 nitrogen and oxygen atoms in total. The van der Waals surface area contributed by atoms with Crippen LogP contribution in [0.1, 0.15) is 25.5 Å². The van der Waals surface area contributed by atoms with E-state index in [9.17, 15) is 35.5 Å². The first-order chi connectivity index (χ1) is 18.3. The topological polar surface area (TPSA) is 114 Å². The van der Waals surface area contributed by atoms with E-state index in [2.05, 4.69) is 13.9 Å². The summed E-state index contributed by atoms with van der Waals surface area (Å²) in [4.78, 5) is 16.9. The molecule has 0 amide bonds. The van der Waals surface area contributed by atoms with Crippen LogP contribution in [0.2, 0.25) is 0 Å². The van der Waals surface area contributed by atoms with Crippen molar-refractivity contribution in [2.75, 3.05) is 0 Å². The quantitative estimate of drug-likeness (QED) is 0.201. The molecule has 0 aliphatic rings. The molecule has 0 bridgehead atoms. The Labute approximate surface area is 218 Å². The number of nitrogens with zero attached hydrogens (tertiary/aromatic N) is 2. The lowest BCUT2D eigenvalue weighted by atomic mass is 10.00. The van der Waals surface area contributed by atoms with E-state index in [1.165, 1.54) is 24.3 Å². The molecule has 2 heterocycles. The first kappa shape index (κ1) is 26.1. The maximum Gasteiger partial charge on any atom is 0.573 e. The molecule has 0 aliphatic heterocycles.